The van der Waals surface area contributed by atoms with Crippen molar-refractivity contribution in [1.82, 2.24) is 24.6 Å². The van der Waals surface area contributed by atoms with Crippen LogP contribution in [0.25, 0.3) is 11.0 Å². The minimum absolute atomic E-state index is 0.0592. The van der Waals surface area contributed by atoms with E-state index in [-0.39, 0.29) is 5.91 Å². The average Bonchev–Trinajstić information content (AvgIpc) is 3.22. The zero-order valence-electron chi connectivity index (χ0n) is 14.6. The molecule has 0 radical (unpaired) electrons. The van der Waals surface area contributed by atoms with Gasteiger partial charge in [-0.05, 0) is 24.3 Å². The topological polar surface area (TPSA) is 88.1 Å². The summed E-state index contributed by atoms with van der Waals surface area (Å²) in [5.74, 6) is 0.693. The molecule has 0 saturated carbocycles. The molecule has 0 spiro atoms. The Morgan fingerprint density at radius 1 is 1.40 bits per heavy atom. The Kier molecular flexibility index (Phi) is 4.99. The van der Waals surface area contributed by atoms with Crippen molar-refractivity contribution in [2.24, 2.45) is 7.05 Å². The summed E-state index contributed by atoms with van der Waals surface area (Å²) in [6.07, 6.45) is 1.67. The number of aromatic amines is 1. The van der Waals surface area contributed by atoms with Gasteiger partial charge in [-0.25, -0.2) is 4.98 Å². The highest BCUT2D eigenvalue weighted by Crippen LogP contribution is 2.20. The first kappa shape index (κ1) is 17.0. The Balaban J connectivity index is 1.79. The molecular formula is C17H22N6O2. The third kappa shape index (κ3) is 3.63. The van der Waals surface area contributed by atoms with E-state index in [0.29, 0.717) is 25.3 Å². The maximum atomic E-state index is 12.6. The van der Waals surface area contributed by atoms with Crippen molar-refractivity contribution in [3.05, 3.63) is 41.7 Å². The number of anilines is 1. The van der Waals surface area contributed by atoms with Gasteiger partial charge in [-0.1, -0.05) is 0 Å². The maximum Gasteiger partial charge on any atom is 0.254 e. The first-order valence-corrected chi connectivity index (χ1v) is 8.03. The summed E-state index contributed by atoms with van der Waals surface area (Å²) in [6, 6.07) is 7.42. The van der Waals surface area contributed by atoms with E-state index in [0.717, 1.165) is 22.7 Å². The number of nitrogens with one attached hydrogen (secondary N) is 2. The van der Waals surface area contributed by atoms with E-state index in [2.05, 4.69) is 20.5 Å². The van der Waals surface area contributed by atoms with E-state index in [1.807, 2.05) is 35.9 Å². The van der Waals surface area contributed by atoms with Gasteiger partial charge in [0.25, 0.3) is 5.91 Å². The Hall–Kier alpha value is -2.87. The van der Waals surface area contributed by atoms with E-state index >= 15 is 0 Å². The van der Waals surface area contributed by atoms with Crippen LogP contribution >= 0.6 is 0 Å². The molecule has 2 N–H and O–H groups in total. The number of hydrogen-bond donors (Lipinski definition) is 2. The lowest BCUT2D eigenvalue weighted by atomic mass is 10.1. The predicted octanol–water partition coefficient (Wildman–Crippen LogP) is 1.63. The lowest BCUT2D eigenvalue weighted by molar-refractivity contribution is 0.0783. The number of benzene rings is 1. The minimum atomic E-state index is -0.0592. The van der Waals surface area contributed by atoms with Crippen LogP contribution in [-0.4, -0.2) is 57.9 Å². The second-order valence-electron chi connectivity index (χ2n) is 5.86. The Bertz CT molecular complexity index is 856. The number of ether oxygens (including phenoxy) is 1. The SMILES string of the molecule is COCCNc1nc2cc(C(=O)N(C)Cc3ccn[nH]3)ccc2n1C. The zero-order valence-corrected chi connectivity index (χ0v) is 14.6. The second-order valence-corrected chi connectivity index (χ2v) is 5.86. The number of H-pyrrole nitrogens is 1. The number of nitrogens with zero attached hydrogens (tertiary/aromatic N) is 4. The van der Waals surface area contributed by atoms with E-state index in [1.165, 1.54) is 0 Å². The van der Waals surface area contributed by atoms with Gasteiger partial charge in [0, 0.05) is 39.5 Å². The number of aromatic nitrogens is 4. The molecule has 2 aromatic heterocycles. The molecule has 0 saturated heterocycles. The summed E-state index contributed by atoms with van der Waals surface area (Å²) < 4.78 is 7.01. The molecule has 1 aromatic carbocycles. The number of rotatable bonds is 7. The molecule has 8 nitrogen and oxygen atoms in total. The second kappa shape index (κ2) is 7.35. The minimum Gasteiger partial charge on any atom is -0.383 e. The summed E-state index contributed by atoms with van der Waals surface area (Å²) in [5, 5.41) is 9.99. The van der Waals surface area contributed by atoms with Crippen molar-refractivity contribution >= 4 is 22.9 Å². The van der Waals surface area contributed by atoms with Gasteiger partial charge in [0.15, 0.2) is 0 Å². The van der Waals surface area contributed by atoms with Crippen LogP contribution in [-0.2, 0) is 18.3 Å². The number of carbonyl (C=O) groups excluding carboxylic acids is 1. The van der Waals surface area contributed by atoms with Crippen LogP contribution < -0.4 is 5.32 Å². The van der Waals surface area contributed by atoms with Gasteiger partial charge in [0.2, 0.25) is 5.95 Å². The lowest BCUT2D eigenvalue weighted by Gasteiger charge is -2.16. The number of imidazole rings is 1. The Morgan fingerprint density at radius 2 is 2.24 bits per heavy atom. The molecule has 0 atom stereocenters. The fraction of sp³-hybridized carbons (Fsp3) is 0.353. The van der Waals surface area contributed by atoms with Gasteiger partial charge < -0.3 is 19.5 Å². The van der Waals surface area contributed by atoms with Crippen LogP contribution in [0.4, 0.5) is 5.95 Å². The fourth-order valence-corrected chi connectivity index (χ4v) is 2.68. The molecule has 0 aliphatic rings. The molecule has 1 amide bonds. The lowest BCUT2D eigenvalue weighted by Crippen LogP contribution is -2.26. The van der Waals surface area contributed by atoms with E-state index in [4.69, 9.17) is 4.74 Å². The van der Waals surface area contributed by atoms with Crippen LogP contribution in [0, 0.1) is 0 Å². The van der Waals surface area contributed by atoms with Gasteiger partial charge in [-0.3, -0.25) is 9.89 Å². The highest BCUT2D eigenvalue weighted by Gasteiger charge is 2.15. The molecule has 0 unspecified atom stereocenters. The van der Waals surface area contributed by atoms with Crippen LogP contribution in [0.15, 0.2) is 30.5 Å². The molecular weight excluding hydrogens is 320 g/mol. The number of fused-ring (bicyclic) bond motifs is 1. The standard InChI is InChI=1S/C17H22N6O2/c1-22(11-13-6-7-19-21-13)16(24)12-4-5-15-14(10-12)20-17(23(15)2)18-8-9-25-3/h4-7,10H,8-9,11H2,1-3H3,(H,18,20)(H,19,21). The van der Waals surface area contributed by atoms with Crippen molar-refractivity contribution < 1.29 is 9.53 Å². The fourth-order valence-electron chi connectivity index (χ4n) is 2.68. The number of carbonyl (C=O) groups is 1. The molecule has 132 valence electrons. The predicted molar refractivity (Wildman–Crippen MR) is 95.5 cm³/mol. The molecule has 2 heterocycles. The van der Waals surface area contributed by atoms with Gasteiger partial charge in [0.1, 0.15) is 0 Å². The van der Waals surface area contributed by atoms with Crippen LogP contribution in [0.1, 0.15) is 16.1 Å². The number of methoxy groups -OCH3 is 1. The van der Waals surface area contributed by atoms with E-state index in [9.17, 15) is 4.79 Å². The third-order valence-corrected chi connectivity index (χ3v) is 4.03. The zero-order chi connectivity index (χ0) is 17.8. The van der Waals surface area contributed by atoms with E-state index in [1.54, 1.807) is 25.3 Å². The normalized spacial score (nSPS) is 11.0. The largest absolute Gasteiger partial charge is 0.383 e. The highest BCUT2D eigenvalue weighted by molar-refractivity contribution is 5.97. The quantitative estimate of drug-likeness (QED) is 0.637. The van der Waals surface area contributed by atoms with Crippen LogP contribution in [0.5, 0.6) is 0 Å². The molecule has 0 fully saturated rings. The number of hydrogen-bond acceptors (Lipinski definition) is 5. The summed E-state index contributed by atoms with van der Waals surface area (Å²) >= 11 is 0. The third-order valence-electron chi connectivity index (χ3n) is 4.03. The van der Waals surface area contributed by atoms with Gasteiger partial charge in [-0.15, -0.1) is 0 Å². The monoisotopic (exact) mass is 342 g/mol. The van der Waals surface area contributed by atoms with Crippen molar-refractivity contribution in [2.75, 3.05) is 32.6 Å². The van der Waals surface area contributed by atoms with Gasteiger partial charge in [-0.2, -0.15) is 5.10 Å². The van der Waals surface area contributed by atoms with Gasteiger partial charge in [0.05, 0.1) is 29.9 Å². The number of amides is 1. The summed E-state index contributed by atoms with van der Waals surface area (Å²) in [6.45, 7) is 1.75. The molecule has 8 heteroatoms. The highest BCUT2D eigenvalue weighted by atomic mass is 16.5. The van der Waals surface area contributed by atoms with Crippen LogP contribution in [0.3, 0.4) is 0 Å². The molecule has 25 heavy (non-hydrogen) atoms. The molecule has 3 rings (SSSR count). The van der Waals surface area contributed by atoms with Gasteiger partial charge >= 0.3 is 0 Å². The smallest absolute Gasteiger partial charge is 0.254 e. The molecule has 0 aliphatic heterocycles. The first-order chi connectivity index (χ1) is 12.1. The Labute approximate surface area is 145 Å². The molecule has 0 aliphatic carbocycles. The van der Waals surface area contributed by atoms with Crippen molar-refractivity contribution in [2.45, 2.75) is 6.54 Å². The van der Waals surface area contributed by atoms with Crippen LogP contribution in [0.2, 0.25) is 0 Å². The maximum absolute atomic E-state index is 12.6. The van der Waals surface area contributed by atoms with Crippen molar-refractivity contribution in [3.8, 4) is 0 Å². The average molecular weight is 342 g/mol. The number of aryl methyl sites for hydroxylation is 1. The first-order valence-electron chi connectivity index (χ1n) is 8.03. The van der Waals surface area contributed by atoms with E-state index < -0.39 is 0 Å². The van der Waals surface area contributed by atoms with Crippen molar-refractivity contribution in [3.63, 3.8) is 0 Å². The Morgan fingerprint density at radius 3 is 2.96 bits per heavy atom. The van der Waals surface area contributed by atoms with Crippen molar-refractivity contribution in [1.29, 1.82) is 0 Å². The molecule has 3 aromatic rings. The summed E-state index contributed by atoms with van der Waals surface area (Å²) in [5.41, 5.74) is 3.24. The summed E-state index contributed by atoms with van der Waals surface area (Å²) in [4.78, 5) is 18.9. The summed E-state index contributed by atoms with van der Waals surface area (Å²) in [7, 11) is 5.37. The molecule has 0 bridgehead atoms.